The highest BCUT2D eigenvalue weighted by atomic mass is 32.1. The summed E-state index contributed by atoms with van der Waals surface area (Å²) in [5.74, 6) is 0.882. The molecule has 0 saturated carbocycles. The summed E-state index contributed by atoms with van der Waals surface area (Å²) in [6, 6.07) is 8.22. The van der Waals surface area contributed by atoms with Gasteiger partial charge in [-0.25, -0.2) is 0 Å². The van der Waals surface area contributed by atoms with E-state index in [9.17, 15) is 0 Å². The minimum atomic E-state index is 0.212. The minimum absolute atomic E-state index is 0.212. The number of benzene rings is 1. The summed E-state index contributed by atoms with van der Waals surface area (Å²) in [6.07, 6.45) is 5.93. The van der Waals surface area contributed by atoms with Crippen LogP contribution >= 0.6 is 12.6 Å². The molecule has 2 heteroatoms. The van der Waals surface area contributed by atoms with Crippen LogP contribution in [0, 0.1) is 0 Å². The molecule has 0 heterocycles. The first-order valence-corrected chi connectivity index (χ1v) is 5.47. The van der Waals surface area contributed by atoms with Gasteiger partial charge in [-0.15, -0.1) is 0 Å². The van der Waals surface area contributed by atoms with Gasteiger partial charge in [0.1, 0.15) is 0 Å². The zero-order chi connectivity index (χ0) is 10.2. The molecular formula is C12H16OS. The van der Waals surface area contributed by atoms with Crippen molar-refractivity contribution in [1.29, 1.82) is 0 Å². The van der Waals surface area contributed by atoms with Crippen LogP contribution in [-0.4, -0.2) is 17.5 Å². The van der Waals surface area contributed by atoms with Gasteiger partial charge in [-0.2, -0.15) is 12.6 Å². The fourth-order valence-electron chi connectivity index (χ4n) is 1.28. The van der Waals surface area contributed by atoms with Crippen LogP contribution in [0.5, 0.6) is 0 Å². The molecule has 1 aromatic rings. The van der Waals surface area contributed by atoms with Gasteiger partial charge >= 0.3 is 0 Å². The van der Waals surface area contributed by atoms with Crippen LogP contribution < -0.4 is 0 Å². The molecule has 0 spiro atoms. The summed E-state index contributed by atoms with van der Waals surface area (Å²) >= 11 is 4.14. The largest absolute Gasteiger partial charge is 0.396 e. The SMILES string of the molecule is OCCc1cccc(C=CCCS)c1. The van der Waals surface area contributed by atoms with E-state index < -0.39 is 0 Å². The van der Waals surface area contributed by atoms with Crippen molar-refractivity contribution < 1.29 is 5.11 Å². The van der Waals surface area contributed by atoms with E-state index in [1.165, 1.54) is 11.1 Å². The maximum Gasteiger partial charge on any atom is 0.0471 e. The summed E-state index contributed by atoms with van der Waals surface area (Å²) in [4.78, 5) is 0. The van der Waals surface area contributed by atoms with Crippen molar-refractivity contribution in [3.63, 3.8) is 0 Å². The highest BCUT2D eigenvalue weighted by Crippen LogP contribution is 2.08. The minimum Gasteiger partial charge on any atom is -0.396 e. The number of aliphatic hydroxyl groups is 1. The predicted molar refractivity (Wildman–Crippen MR) is 64.7 cm³/mol. The van der Waals surface area contributed by atoms with Crippen LogP contribution in [0.4, 0.5) is 0 Å². The molecule has 0 aliphatic heterocycles. The first kappa shape index (κ1) is 11.3. The molecule has 0 aliphatic carbocycles. The van der Waals surface area contributed by atoms with Crippen molar-refractivity contribution in [2.45, 2.75) is 12.8 Å². The Balaban J connectivity index is 2.63. The maximum atomic E-state index is 8.80. The van der Waals surface area contributed by atoms with Gasteiger partial charge in [0.15, 0.2) is 0 Å². The van der Waals surface area contributed by atoms with Gasteiger partial charge in [0, 0.05) is 6.61 Å². The van der Waals surface area contributed by atoms with Gasteiger partial charge in [-0.1, -0.05) is 36.4 Å². The van der Waals surface area contributed by atoms with E-state index in [1.54, 1.807) is 0 Å². The van der Waals surface area contributed by atoms with E-state index in [2.05, 4.69) is 36.9 Å². The molecule has 0 aromatic heterocycles. The number of hydrogen-bond donors (Lipinski definition) is 2. The van der Waals surface area contributed by atoms with Crippen molar-refractivity contribution in [2.24, 2.45) is 0 Å². The number of thiol groups is 1. The Morgan fingerprint density at radius 1 is 1.36 bits per heavy atom. The average Bonchev–Trinajstić information content (AvgIpc) is 2.19. The summed E-state index contributed by atoms with van der Waals surface area (Å²) in [7, 11) is 0. The van der Waals surface area contributed by atoms with Crippen LogP contribution in [0.3, 0.4) is 0 Å². The lowest BCUT2D eigenvalue weighted by Crippen LogP contribution is -1.90. The molecule has 14 heavy (non-hydrogen) atoms. The molecule has 0 bridgehead atoms. The zero-order valence-corrected chi connectivity index (χ0v) is 9.08. The highest BCUT2D eigenvalue weighted by molar-refractivity contribution is 7.80. The second kappa shape index (κ2) is 6.68. The Labute approximate surface area is 90.9 Å². The van der Waals surface area contributed by atoms with Crippen LogP contribution in [0.15, 0.2) is 30.3 Å². The molecule has 1 nitrogen and oxygen atoms in total. The molecule has 0 unspecified atom stereocenters. The number of allylic oxidation sites excluding steroid dienone is 1. The van der Waals surface area contributed by atoms with E-state index in [1.807, 2.05) is 12.1 Å². The lowest BCUT2D eigenvalue weighted by molar-refractivity contribution is 0.299. The van der Waals surface area contributed by atoms with E-state index in [0.29, 0.717) is 0 Å². The summed E-state index contributed by atoms with van der Waals surface area (Å²) < 4.78 is 0. The highest BCUT2D eigenvalue weighted by Gasteiger charge is 1.92. The molecule has 0 aliphatic rings. The van der Waals surface area contributed by atoms with Crippen molar-refractivity contribution in [3.8, 4) is 0 Å². The predicted octanol–water partition coefficient (Wildman–Crippen LogP) is 2.55. The molecule has 76 valence electrons. The van der Waals surface area contributed by atoms with E-state index >= 15 is 0 Å². The second-order valence-corrected chi connectivity index (χ2v) is 3.58. The van der Waals surface area contributed by atoms with Gasteiger partial charge in [-0.05, 0) is 29.7 Å². The maximum absolute atomic E-state index is 8.80. The molecule has 1 aromatic carbocycles. The topological polar surface area (TPSA) is 20.2 Å². The molecule has 0 radical (unpaired) electrons. The third-order valence-corrected chi connectivity index (χ3v) is 2.22. The van der Waals surface area contributed by atoms with Gasteiger partial charge in [0.05, 0.1) is 0 Å². The van der Waals surface area contributed by atoms with Crippen molar-refractivity contribution in [1.82, 2.24) is 0 Å². The summed E-state index contributed by atoms with van der Waals surface area (Å²) in [5, 5.41) is 8.80. The Morgan fingerprint density at radius 3 is 2.93 bits per heavy atom. The van der Waals surface area contributed by atoms with Crippen LogP contribution in [0.2, 0.25) is 0 Å². The Kier molecular flexibility index (Phi) is 5.42. The first-order valence-electron chi connectivity index (χ1n) is 4.84. The molecule has 1 N–H and O–H groups in total. The molecular weight excluding hydrogens is 192 g/mol. The third-order valence-electron chi connectivity index (χ3n) is 1.96. The summed E-state index contributed by atoms with van der Waals surface area (Å²) in [6.45, 7) is 0.212. The van der Waals surface area contributed by atoms with Gasteiger partial charge in [0.25, 0.3) is 0 Å². The number of hydrogen-bond acceptors (Lipinski definition) is 2. The number of aliphatic hydroxyl groups excluding tert-OH is 1. The van der Waals surface area contributed by atoms with Crippen molar-refractivity contribution in [3.05, 3.63) is 41.5 Å². The van der Waals surface area contributed by atoms with Gasteiger partial charge < -0.3 is 5.11 Å². The lowest BCUT2D eigenvalue weighted by atomic mass is 10.1. The normalized spacial score (nSPS) is 11.0. The fourth-order valence-corrected chi connectivity index (χ4v) is 1.42. The Hall–Kier alpha value is -0.730. The quantitative estimate of drug-likeness (QED) is 0.713. The molecule has 1 rings (SSSR count). The first-order chi connectivity index (χ1) is 6.86. The van der Waals surface area contributed by atoms with Gasteiger partial charge in [-0.3, -0.25) is 0 Å². The smallest absolute Gasteiger partial charge is 0.0471 e. The van der Waals surface area contributed by atoms with Crippen molar-refractivity contribution in [2.75, 3.05) is 12.4 Å². The van der Waals surface area contributed by atoms with E-state index in [4.69, 9.17) is 5.11 Å². The van der Waals surface area contributed by atoms with Crippen LogP contribution in [0.1, 0.15) is 17.5 Å². The zero-order valence-electron chi connectivity index (χ0n) is 8.19. The van der Waals surface area contributed by atoms with Gasteiger partial charge in [0.2, 0.25) is 0 Å². The Bertz CT molecular complexity index is 294. The molecule has 0 fully saturated rings. The van der Waals surface area contributed by atoms with Crippen molar-refractivity contribution >= 4 is 18.7 Å². The van der Waals surface area contributed by atoms with E-state index in [-0.39, 0.29) is 6.61 Å². The average molecular weight is 208 g/mol. The van der Waals surface area contributed by atoms with Crippen LogP contribution in [-0.2, 0) is 6.42 Å². The second-order valence-electron chi connectivity index (χ2n) is 3.13. The third kappa shape index (κ3) is 3.99. The molecule has 0 saturated heterocycles. The fraction of sp³-hybridized carbons (Fsp3) is 0.333. The lowest BCUT2D eigenvalue weighted by Gasteiger charge is -1.99. The van der Waals surface area contributed by atoms with Crippen LogP contribution in [0.25, 0.3) is 6.08 Å². The molecule has 0 atom stereocenters. The molecule has 0 amide bonds. The standard InChI is InChI=1S/C12H16OS/c13-8-7-12-6-3-5-11(10-12)4-1-2-9-14/h1,3-6,10,13-14H,2,7-9H2. The summed E-state index contributed by atoms with van der Waals surface area (Å²) in [5.41, 5.74) is 2.37. The monoisotopic (exact) mass is 208 g/mol. The number of rotatable bonds is 5. The Morgan fingerprint density at radius 2 is 2.21 bits per heavy atom. The van der Waals surface area contributed by atoms with E-state index in [0.717, 1.165) is 18.6 Å².